The van der Waals surface area contributed by atoms with Crippen LogP contribution in [0.25, 0.3) is 0 Å². The number of carbonyl (C=O) groups excluding carboxylic acids is 2. The Morgan fingerprint density at radius 2 is 2.00 bits per heavy atom. The number of hydrogen-bond acceptors (Lipinski definition) is 5. The Bertz CT molecular complexity index is 543. The van der Waals surface area contributed by atoms with Crippen molar-refractivity contribution >= 4 is 12.1 Å². The minimum absolute atomic E-state index is 0.174. The number of ether oxygens (including phenoxy) is 3. The van der Waals surface area contributed by atoms with Crippen LogP contribution < -0.4 is 5.32 Å². The second kappa shape index (κ2) is 7.49. The SMILES string of the molecule is CC(=O)O[C@@H]1[C@@H](NC(=O)OCc2ccccc2)C=CO[C@H]1C. The quantitative estimate of drug-likeness (QED) is 0.863. The molecule has 0 aliphatic carbocycles. The summed E-state index contributed by atoms with van der Waals surface area (Å²) >= 11 is 0. The van der Waals surface area contributed by atoms with Crippen LogP contribution in [0.2, 0.25) is 0 Å². The third-order valence-corrected chi connectivity index (χ3v) is 3.20. The number of esters is 1. The Kier molecular flexibility index (Phi) is 5.41. The Morgan fingerprint density at radius 1 is 1.27 bits per heavy atom. The largest absolute Gasteiger partial charge is 0.495 e. The number of alkyl carbamates (subject to hydrolysis) is 1. The number of rotatable bonds is 4. The predicted molar refractivity (Wildman–Crippen MR) is 78.8 cm³/mol. The highest BCUT2D eigenvalue weighted by Gasteiger charge is 2.33. The molecule has 1 amide bonds. The summed E-state index contributed by atoms with van der Waals surface area (Å²) in [4.78, 5) is 23.0. The van der Waals surface area contributed by atoms with Gasteiger partial charge >= 0.3 is 12.1 Å². The van der Waals surface area contributed by atoms with Crippen LogP contribution in [0.4, 0.5) is 4.79 Å². The highest BCUT2D eigenvalue weighted by molar-refractivity contribution is 5.69. The Hall–Kier alpha value is -2.50. The van der Waals surface area contributed by atoms with E-state index in [9.17, 15) is 9.59 Å². The zero-order valence-corrected chi connectivity index (χ0v) is 12.5. The second-order valence-electron chi connectivity index (χ2n) is 4.98. The first-order valence-corrected chi connectivity index (χ1v) is 7.03. The van der Waals surface area contributed by atoms with Crippen molar-refractivity contribution in [1.29, 1.82) is 0 Å². The number of nitrogens with one attached hydrogen (secondary N) is 1. The van der Waals surface area contributed by atoms with Gasteiger partial charge in [-0.25, -0.2) is 4.79 Å². The normalized spacial score (nSPS) is 23.3. The monoisotopic (exact) mass is 305 g/mol. The van der Waals surface area contributed by atoms with Gasteiger partial charge in [0.05, 0.1) is 12.3 Å². The molecular formula is C16H19NO5. The molecule has 0 unspecified atom stereocenters. The molecule has 1 heterocycles. The Morgan fingerprint density at radius 3 is 2.68 bits per heavy atom. The molecule has 1 aliphatic rings. The zero-order chi connectivity index (χ0) is 15.9. The van der Waals surface area contributed by atoms with E-state index in [0.29, 0.717) is 0 Å². The Balaban J connectivity index is 1.89. The molecule has 22 heavy (non-hydrogen) atoms. The third-order valence-electron chi connectivity index (χ3n) is 3.20. The van der Waals surface area contributed by atoms with Gasteiger partial charge in [-0.3, -0.25) is 4.79 Å². The van der Waals surface area contributed by atoms with Crippen molar-refractivity contribution in [3.05, 3.63) is 48.2 Å². The van der Waals surface area contributed by atoms with Gasteiger partial charge in [0.15, 0.2) is 6.10 Å². The summed E-state index contributed by atoms with van der Waals surface area (Å²) < 4.78 is 15.6. The first-order valence-electron chi connectivity index (χ1n) is 7.03. The van der Waals surface area contributed by atoms with E-state index in [1.165, 1.54) is 13.2 Å². The predicted octanol–water partition coefficient (Wildman–Crippen LogP) is 2.15. The molecule has 3 atom stereocenters. The molecule has 0 saturated heterocycles. The number of benzene rings is 1. The minimum atomic E-state index is -0.591. The summed E-state index contributed by atoms with van der Waals surface area (Å²) in [6, 6.07) is 8.88. The van der Waals surface area contributed by atoms with E-state index < -0.39 is 24.2 Å². The molecule has 2 rings (SSSR count). The van der Waals surface area contributed by atoms with E-state index >= 15 is 0 Å². The summed E-state index contributed by atoms with van der Waals surface area (Å²) in [6.45, 7) is 3.25. The number of carbonyl (C=O) groups is 2. The van der Waals surface area contributed by atoms with Gasteiger partial charge in [0.1, 0.15) is 12.7 Å². The first kappa shape index (κ1) is 15.9. The topological polar surface area (TPSA) is 73.9 Å². The molecule has 6 nitrogen and oxygen atoms in total. The molecule has 1 aliphatic heterocycles. The molecule has 1 aromatic rings. The van der Waals surface area contributed by atoms with Gasteiger partial charge in [-0.05, 0) is 18.6 Å². The van der Waals surface area contributed by atoms with Crippen LogP contribution >= 0.6 is 0 Å². The van der Waals surface area contributed by atoms with Crippen molar-refractivity contribution in [2.24, 2.45) is 0 Å². The lowest BCUT2D eigenvalue weighted by Crippen LogP contribution is -2.50. The minimum Gasteiger partial charge on any atom is -0.495 e. The van der Waals surface area contributed by atoms with E-state index in [1.807, 2.05) is 30.3 Å². The molecule has 0 spiro atoms. The lowest BCUT2D eigenvalue weighted by Gasteiger charge is -2.32. The van der Waals surface area contributed by atoms with Crippen LogP contribution in [-0.2, 0) is 25.6 Å². The number of amides is 1. The van der Waals surface area contributed by atoms with E-state index in [1.54, 1.807) is 13.0 Å². The van der Waals surface area contributed by atoms with Gasteiger partial charge in [0.25, 0.3) is 0 Å². The molecular weight excluding hydrogens is 286 g/mol. The molecule has 1 aromatic carbocycles. The van der Waals surface area contributed by atoms with Crippen molar-refractivity contribution in [2.75, 3.05) is 0 Å². The van der Waals surface area contributed by atoms with E-state index in [0.717, 1.165) is 5.56 Å². The summed E-state index contributed by atoms with van der Waals surface area (Å²) in [5, 5.41) is 2.67. The molecule has 0 aromatic heterocycles. The van der Waals surface area contributed by atoms with Gasteiger partial charge in [-0.2, -0.15) is 0 Å². The summed E-state index contributed by atoms with van der Waals surface area (Å²) in [7, 11) is 0. The lowest BCUT2D eigenvalue weighted by atomic mass is 10.0. The fraction of sp³-hybridized carbons (Fsp3) is 0.375. The van der Waals surface area contributed by atoms with Crippen LogP contribution in [0.5, 0.6) is 0 Å². The van der Waals surface area contributed by atoms with E-state index in [2.05, 4.69) is 5.32 Å². The summed E-state index contributed by atoms with van der Waals surface area (Å²) in [5.74, 6) is -0.430. The van der Waals surface area contributed by atoms with Crippen molar-refractivity contribution < 1.29 is 23.8 Å². The second-order valence-corrected chi connectivity index (χ2v) is 4.98. The van der Waals surface area contributed by atoms with Gasteiger partial charge in [-0.1, -0.05) is 30.3 Å². The van der Waals surface area contributed by atoms with Crippen LogP contribution in [0.15, 0.2) is 42.7 Å². The van der Waals surface area contributed by atoms with Crippen molar-refractivity contribution in [2.45, 2.75) is 38.7 Å². The van der Waals surface area contributed by atoms with E-state index in [4.69, 9.17) is 14.2 Å². The lowest BCUT2D eigenvalue weighted by molar-refractivity contribution is -0.154. The standard InChI is InChI=1S/C16H19NO5/c1-11-15(22-12(2)18)14(8-9-20-11)17-16(19)21-10-13-6-4-3-5-7-13/h3-9,11,14-15H,10H2,1-2H3,(H,17,19)/t11-,14-,15-/m0/s1. The van der Waals surface area contributed by atoms with Gasteiger partial charge in [0, 0.05) is 6.92 Å². The first-order chi connectivity index (χ1) is 10.6. The molecule has 0 fully saturated rings. The van der Waals surface area contributed by atoms with Crippen molar-refractivity contribution in [1.82, 2.24) is 5.32 Å². The molecule has 6 heteroatoms. The van der Waals surface area contributed by atoms with Gasteiger partial charge < -0.3 is 19.5 Å². The van der Waals surface area contributed by atoms with Crippen LogP contribution in [-0.4, -0.2) is 30.3 Å². The maximum Gasteiger partial charge on any atom is 0.408 e. The summed E-state index contributed by atoms with van der Waals surface area (Å²) in [6.07, 6.45) is 1.58. The highest BCUT2D eigenvalue weighted by atomic mass is 16.6. The van der Waals surface area contributed by atoms with Gasteiger partial charge in [0.2, 0.25) is 0 Å². The maximum atomic E-state index is 11.9. The van der Waals surface area contributed by atoms with Crippen molar-refractivity contribution in [3.63, 3.8) is 0 Å². The van der Waals surface area contributed by atoms with Gasteiger partial charge in [-0.15, -0.1) is 0 Å². The Labute approximate surface area is 129 Å². The fourth-order valence-corrected chi connectivity index (χ4v) is 2.12. The number of hydrogen-bond donors (Lipinski definition) is 1. The third kappa shape index (κ3) is 4.51. The molecule has 0 saturated carbocycles. The fourth-order valence-electron chi connectivity index (χ4n) is 2.12. The van der Waals surface area contributed by atoms with Crippen LogP contribution in [0.3, 0.4) is 0 Å². The molecule has 0 radical (unpaired) electrons. The zero-order valence-electron chi connectivity index (χ0n) is 12.5. The van der Waals surface area contributed by atoms with E-state index in [-0.39, 0.29) is 12.7 Å². The molecule has 1 N–H and O–H groups in total. The average molecular weight is 305 g/mol. The highest BCUT2D eigenvalue weighted by Crippen LogP contribution is 2.16. The summed E-state index contributed by atoms with van der Waals surface area (Å²) in [5.41, 5.74) is 0.894. The van der Waals surface area contributed by atoms with Crippen LogP contribution in [0.1, 0.15) is 19.4 Å². The maximum absolute atomic E-state index is 11.9. The smallest absolute Gasteiger partial charge is 0.408 e. The average Bonchev–Trinajstić information content (AvgIpc) is 2.49. The van der Waals surface area contributed by atoms with Crippen molar-refractivity contribution in [3.8, 4) is 0 Å². The molecule has 0 bridgehead atoms. The molecule has 118 valence electrons. The van der Waals surface area contributed by atoms with Crippen LogP contribution in [0, 0.1) is 0 Å².